The van der Waals surface area contributed by atoms with Crippen molar-refractivity contribution >= 4 is 0 Å². The molecule has 2 N–H and O–H groups in total. The Labute approximate surface area is 88.8 Å². The summed E-state index contributed by atoms with van der Waals surface area (Å²) in [5.74, 6) is 3.59. The zero-order chi connectivity index (χ0) is 11.5. The van der Waals surface area contributed by atoms with Crippen LogP contribution in [0.15, 0.2) is 22.7 Å². The van der Waals surface area contributed by atoms with Crippen LogP contribution in [0.2, 0.25) is 0 Å². The minimum absolute atomic E-state index is 0.0647. The van der Waals surface area contributed by atoms with Crippen LogP contribution < -0.4 is 5.90 Å². The number of benzene rings is 1. The van der Waals surface area contributed by atoms with E-state index in [1.165, 1.54) is 0 Å². The van der Waals surface area contributed by atoms with Gasteiger partial charge >= 0.3 is 0 Å². The second-order valence-electron chi connectivity index (χ2n) is 2.98. The van der Waals surface area contributed by atoms with Crippen molar-refractivity contribution in [2.45, 2.75) is 6.61 Å². The highest BCUT2D eigenvalue weighted by Gasteiger charge is 2.10. The third-order valence-corrected chi connectivity index (χ3v) is 1.80. The van der Waals surface area contributed by atoms with Gasteiger partial charge in [-0.25, -0.2) is 14.7 Å². The van der Waals surface area contributed by atoms with E-state index >= 15 is 0 Å². The molecule has 5 nitrogen and oxygen atoms in total. The Bertz CT molecular complexity index is 481. The summed E-state index contributed by atoms with van der Waals surface area (Å²) in [5, 5.41) is 3.53. The maximum Gasteiger partial charge on any atom is 0.255 e. The van der Waals surface area contributed by atoms with E-state index in [0.29, 0.717) is 0 Å². The Hall–Kier alpha value is -1.86. The zero-order valence-electron chi connectivity index (χ0n) is 7.98. The lowest BCUT2D eigenvalue weighted by Crippen LogP contribution is -1.98. The Balaban J connectivity index is 2.34. The normalized spacial score (nSPS) is 10.7. The SMILES string of the molecule is NOCc1nc(-c2cc(F)cc(F)c2)no1. The summed E-state index contributed by atoms with van der Waals surface area (Å²) in [6.45, 7) is -0.0647. The van der Waals surface area contributed by atoms with Crippen LogP contribution in [0.4, 0.5) is 8.78 Å². The lowest BCUT2D eigenvalue weighted by Gasteiger charge is -1.95. The summed E-state index contributed by atoms with van der Waals surface area (Å²) in [6, 6.07) is 2.95. The summed E-state index contributed by atoms with van der Waals surface area (Å²) >= 11 is 0. The Morgan fingerprint density at radius 2 is 1.94 bits per heavy atom. The molecule has 0 aliphatic carbocycles. The number of rotatable bonds is 3. The van der Waals surface area contributed by atoms with Crippen molar-refractivity contribution < 1.29 is 18.1 Å². The van der Waals surface area contributed by atoms with Crippen LogP contribution in [0.5, 0.6) is 0 Å². The van der Waals surface area contributed by atoms with Gasteiger partial charge in [0.2, 0.25) is 5.82 Å². The number of halogens is 2. The van der Waals surface area contributed by atoms with Gasteiger partial charge in [0.25, 0.3) is 5.89 Å². The van der Waals surface area contributed by atoms with Crippen LogP contribution in [0.3, 0.4) is 0 Å². The van der Waals surface area contributed by atoms with Gasteiger partial charge < -0.3 is 4.52 Å². The molecule has 1 heterocycles. The quantitative estimate of drug-likeness (QED) is 0.802. The topological polar surface area (TPSA) is 74.2 Å². The fourth-order valence-electron chi connectivity index (χ4n) is 1.18. The van der Waals surface area contributed by atoms with E-state index < -0.39 is 11.6 Å². The first kappa shape index (κ1) is 10.7. The Morgan fingerprint density at radius 3 is 2.56 bits per heavy atom. The molecule has 84 valence electrons. The molecular formula is C9H7F2N3O2. The first-order chi connectivity index (χ1) is 7.69. The van der Waals surface area contributed by atoms with Crippen molar-refractivity contribution in [3.63, 3.8) is 0 Å². The van der Waals surface area contributed by atoms with E-state index in [2.05, 4.69) is 15.0 Å². The van der Waals surface area contributed by atoms with Crippen molar-refractivity contribution in [2.24, 2.45) is 5.90 Å². The maximum absolute atomic E-state index is 12.9. The van der Waals surface area contributed by atoms with E-state index in [1.807, 2.05) is 0 Å². The predicted octanol–water partition coefficient (Wildman–Crippen LogP) is 1.41. The molecule has 0 fully saturated rings. The molecule has 0 spiro atoms. The van der Waals surface area contributed by atoms with Crippen molar-refractivity contribution in [1.82, 2.24) is 10.1 Å². The van der Waals surface area contributed by atoms with Crippen LogP contribution in [-0.2, 0) is 11.4 Å². The summed E-state index contributed by atoms with van der Waals surface area (Å²) in [6.07, 6.45) is 0. The van der Waals surface area contributed by atoms with E-state index in [1.54, 1.807) is 0 Å². The van der Waals surface area contributed by atoms with Crippen molar-refractivity contribution in [1.29, 1.82) is 0 Å². The molecule has 0 radical (unpaired) electrons. The molecular weight excluding hydrogens is 220 g/mol. The van der Waals surface area contributed by atoms with Gasteiger partial charge in [0.05, 0.1) is 0 Å². The fourth-order valence-corrected chi connectivity index (χ4v) is 1.18. The average Bonchev–Trinajstić information content (AvgIpc) is 2.65. The highest BCUT2D eigenvalue weighted by atomic mass is 19.1. The molecule has 0 aliphatic heterocycles. The van der Waals surface area contributed by atoms with E-state index in [-0.39, 0.29) is 23.9 Å². The number of hydrogen-bond acceptors (Lipinski definition) is 5. The van der Waals surface area contributed by atoms with Crippen LogP contribution >= 0.6 is 0 Å². The number of nitrogens with two attached hydrogens (primary N) is 1. The molecule has 0 saturated heterocycles. The molecule has 1 aromatic carbocycles. The van der Waals surface area contributed by atoms with E-state index in [9.17, 15) is 8.78 Å². The van der Waals surface area contributed by atoms with Crippen LogP contribution in [0.1, 0.15) is 5.89 Å². The first-order valence-electron chi connectivity index (χ1n) is 4.30. The third-order valence-electron chi connectivity index (χ3n) is 1.80. The Morgan fingerprint density at radius 1 is 1.25 bits per heavy atom. The zero-order valence-corrected chi connectivity index (χ0v) is 7.98. The summed E-state index contributed by atoms with van der Waals surface area (Å²) < 4.78 is 30.5. The lowest BCUT2D eigenvalue weighted by molar-refractivity contribution is 0.0996. The van der Waals surface area contributed by atoms with Crippen molar-refractivity contribution in [3.05, 3.63) is 35.7 Å². The molecule has 0 bridgehead atoms. The summed E-state index contributed by atoms with van der Waals surface area (Å²) in [4.78, 5) is 8.12. The van der Waals surface area contributed by atoms with Gasteiger partial charge in [-0.3, -0.25) is 4.84 Å². The molecule has 0 unspecified atom stereocenters. The van der Waals surface area contributed by atoms with Crippen LogP contribution in [0, 0.1) is 11.6 Å². The Kier molecular flexibility index (Phi) is 2.88. The molecule has 2 aromatic rings. The minimum Gasteiger partial charge on any atom is -0.336 e. The highest BCUT2D eigenvalue weighted by molar-refractivity contribution is 5.54. The second-order valence-corrected chi connectivity index (χ2v) is 2.98. The van der Waals surface area contributed by atoms with Crippen LogP contribution in [-0.4, -0.2) is 10.1 Å². The van der Waals surface area contributed by atoms with Gasteiger partial charge in [0.1, 0.15) is 18.2 Å². The number of hydrogen-bond donors (Lipinski definition) is 1. The number of aromatic nitrogens is 2. The molecule has 0 amide bonds. The lowest BCUT2D eigenvalue weighted by atomic mass is 10.2. The molecule has 0 aliphatic rings. The molecule has 2 rings (SSSR count). The highest BCUT2D eigenvalue weighted by Crippen LogP contribution is 2.18. The molecule has 0 saturated carbocycles. The average molecular weight is 227 g/mol. The summed E-state index contributed by atoms with van der Waals surface area (Å²) in [5.41, 5.74) is 0.185. The molecule has 7 heteroatoms. The maximum atomic E-state index is 12.9. The minimum atomic E-state index is -0.712. The van der Waals surface area contributed by atoms with Gasteiger partial charge in [-0.05, 0) is 12.1 Å². The largest absolute Gasteiger partial charge is 0.336 e. The fraction of sp³-hybridized carbons (Fsp3) is 0.111. The van der Waals surface area contributed by atoms with Gasteiger partial charge in [-0.15, -0.1) is 0 Å². The second kappa shape index (κ2) is 4.33. The van der Waals surface area contributed by atoms with E-state index in [0.717, 1.165) is 18.2 Å². The molecule has 16 heavy (non-hydrogen) atoms. The van der Waals surface area contributed by atoms with Gasteiger partial charge in [-0.2, -0.15) is 4.98 Å². The van der Waals surface area contributed by atoms with Gasteiger partial charge in [-0.1, -0.05) is 5.16 Å². The predicted molar refractivity (Wildman–Crippen MR) is 48.6 cm³/mol. The third kappa shape index (κ3) is 2.20. The molecule has 1 aromatic heterocycles. The number of nitrogens with zero attached hydrogens (tertiary/aromatic N) is 2. The van der Waals surface area contributed by atoms with Crippen molar-refractivity contribution in [3.8, 4) is 11.4 Å². The monoisotopic (exact) mass is 227 g/mol. The summed E-state index contributed by atoms with van der Waals surface area (Å²) in [7, 11) is 0. The standard InChI is InChI=1S/C9H7F2N3O2/c10-6-1-5(2-7(11)3-6)9-13-8(4-15-12)16-14-9/h1-3H,4,12H2. The van der Waals surface area contributed by atoms with Crippen LogP contribution in [0.25, 0.3) is 11.4 Å². The van der Waals surface area contributed by atoms with Crippen molar-refractivity contribution in [2.75, 3.05) is 0 Å². The van der Waals surface area contributed by atoms with Gasteiger partial charge in [0, 0.05) is 11.6 Å². The van der Waals surface area contributed by atoms with E-state index in [4.69, 9.17) is 10.4 Å². The smallest absolute Gasteiger partial charge is 0.255 e. The first-order valence-corrected chi connectivity index (χ1v) is 4.30. The molecule has 0 atom stereocenters. The van der Waals surface area contributed by atoms with Gasteiger partial charge in [0.15, 0.2) is 0 Å².